The van der Waals surface area contributed by atoms with Crippen molar-refractivity contribution >= 4 is 29.4 Å². The maximum atomic E-state index is 12.5. The van der Waals surface area contributed by atoms with Crippen LogP contribution in [0.3, 0.4) is 0 Å². The summed E-state index contributed by atoms with van der Waals surface area (Å²) in [5, 5.41) is 3.18. The van der Waals surface area contributed by atoms with Gasteiger partial charge in [0.2, 0.25) is 0 Å². The molecule has 1 aromatic carbocycles. The number of hydrogen-bond donors (Lipinski definition) is 1. The Hall–Kier alpha value is -0.650. The van der Waals surface area contributed by atoms with Crippen LogP contribution in [0.15, 0.2) is 29.2 Å². The first-order chi connectivity index (χ1) is 11.8. The van der Waals surface area contributed by atoms with E-state index >= 15 is 0 Å². The molecule has 1 amide bonds. The zero-order valence-electron chi connectivity index (χ0n) is 14.5. The van der Waals surface area contributed by atoms with E-state index < -0.39 is 0 Å². The molecule has 0 aromatic heterocycles. The number of likely N-dealkylation sites (tertiary alicyclic amines) is 1. The number of carbonyl (C=O) groups is 1. The number of carbonyl (C=O) groups excluding carboxylic acids is 1. The fourth-order valence-electron chi connectivity index (χ4n) is 3.60. The summed E-state index contributed by atoms with van der Waals surface area (Å²) in [6.45, 7) is 5.34. The molecule has 0 spiro atoms. The van der Waals surface area contributed by atoms with E-state index in [1.54, 1.807) is 11.8 Å². The SMILES string of the molecule is CCSc1ccccc1C(=O)NCC1CCN(C2CCSC2)CC1. The van der Waals surface area contributed by atoms with Gasteiger partial charge in [-0.3, -0.25) is 9.69 Å². The van der Waals surface area contributed by atoms with Gasteiger partial charge in [0.1, 0.15) is 0 Å². The lowest BCUT2D eigenvalue weighted by Crippen LogP contribution is -2.43. The normalized spacial score (nSPS) is 22.6. The zero-order valence-corrected chi connectivity index (χ0v) is 16.1. The summed E-state index contributed by atoms with van der Waals surface area (Å²) in [6, 6.07) is 8.75. The molecule has 2 heterocycles. The van der Waals surface area contributed by atoms with Gasteiger partial charge in [-0.15, -0.1) is 11.8 Å². The predicted molar refractivity (Wildman–Crippen MR) is 105 cm³/mol. The molecule has 1 atom stereocenters. The van der Waals surface area contributed by atoms with Crippen molar-refractivity contribution in [3.05, 3.63) is 29.8 Å². The van der Waals surface area contributed by atoms with Crippen molar-refractivity contribution in [3.8, 4) is 0 Å². The molecule has 0 saturated carbocycles. The lowest BCUT2D eigenvalue weighted by molar-refractivity contribution is 0.0925. The molecule has 2 fully saturated rings. The second-order valence-electron chi connectivity index (χ2n) is 6.64. The van der Waals surface area contributed by atoms with Gasteiger partial charge in [0.15, 0.2) is 0 Å². The molecular weight excluding hydrogens is 336 g/mol. The average Bonchev–Trinajstić information content (AvgIpc) is 3.15. The second-order valence-corrected chi connectivity index (χ2v) is 9.09. The van der Waals surface area contributed by atoms with Gasteiger partial charge in [-0.05, 0) is 61.9 Å². The topological polar surface area (TPSA) is 32.3 Å². The standard InChI is InChI=1S/C19H28N2OS2/c1-2-24-18-6-4-3-5-17(18)19(22)20-13-15-7-10-21(11-8-15)16-9-12-23-14-16/h3-6,15-16H,2,7-14H2,1H3,(H,20,22). The van der Waals surface area contributed by atoms with Crippen molar-refractivity contribution in [1.82, 2.24) is 10.2 Å². The Labute approximate surface area is 154 Å². The first-order valence-electron chi connectivity index (χ1n) is 9.09. The summed E-state index contributed by atoms with van der Waals surface area (Å²) in [7, 11) is 0. The van der Waals surface area contributed by atoms with Crippen molar-refractivity contribution < 1.29 is 4.79 Å². The third-order valence-corrected chi connectivity index (χ3v) is 7.15. The van der Waals surface area contributed by atoms with Crippen LogP contribution < -0.4 is 5.32 Å². The molecule has 2 aliphatic rings. The van der Waals surface area contributed by atoms with Gasteiger partial charge in [0, 0.05) is 23.2 Å². The molecule has 5 heteroatoms. The van der Waals surface area contributed by atoms with Crippen molar-refractivity contribution in [1.29, 1.82) is 0 Å². The van der Waals surface area contributed by atoms with Crippen LogP contribution in [0.2, 0.25) is 0 Å². The Morgan fingerprint density at radius 3 is 2.79 bits per heavy atom. The molecule has 24 heavy (non-hydrogen) atoms. The maximum Gasteiger partial charge on any atom is 0.252 e. The fourth-order valence-corrected chi connectivity index (χ4v) is 5.66. The highest BCUT2D eigenvalue weighted by Gasteiger charge is 2.27. The molecule has 1 unspecified atom stereocenters. The second kappa shape index (κ2) is 9.16. The predicted octanol–water partition coefficient (Wildman–Crippen LogP) is 3.75. The number of amides is 1. The summed E-state index contributed by atoms with van der Waals surface area (Å²) in [5.41, 5.74) is 0.824. The van der Waals surface area contributed by atoms with Crippen LogP contribution >= 0.6 is 23.5 Å². The van der Waals surface area contributed by atoms with E-state index in [-0.39, 0.29) is 5.91 Å². The van der Waals surface area contributed by atoms with Crippen LogP contribution in [0, 0.1) is 5.92 Å². The van der Waals surface area contributed by atoms with Crippen LogP contribution in [-0.4, -0.2) is 53.7 Å². The lowest BCUT2D eigenvalue weighted by Gasteiger charge is -2.35. The third kappa shape index (κ3) is 4.70. The number of nitrogens with zero attached hydrogens (tertiary/aromatic N) is 1. The number of hydrogen-bond acceptors (Lipinski definition) is 4. The van der Waals surface area contributed by atoms with Crippen LogP contribution in [0.5, 0.6) is 0 Å². The molecule has 2 saturated heterocycles. The van der Waals surface area contributed by atoms with E-state index in [0.717, 1.165) is 28.8 Å². The van der Waals surface area contributed by atoms with E-state index in [0.29, 0.717) is 5.92 Å². The molecule has 132 valence electrons. The van der Waals surface area contributed by atoms with Crippen LogP contribution in [0.4, 0.5) is 0 Å². The molecule has 1 aromatic rings. The quantitative estimate of drug-likeness (QED) is 0.779. The van der Waals surface area contributed by atoms with Gasteiger partial charge in [0.05, 0.1) is 5.56 Å². The summed E-state index contributed by atoms with van der Waals surface area (Å²) in [4.78, 5) is 16.3. The number of benzene rings is 1. The smallest absolute Gasteiger partial charge is 0.252 e. The van der Waals surface area contributed by atoms with Crippen LogP contribution in [0.25, 0.3) is 0 Å². The molecule has 1 N–H and O–H groups in total. The van der Waals surface area contributed by atoms with Gasteiger partial charge in [-0.25, -0.2) is 0 Å². The van der Waals surface area contributed by atoms with Gasteiger partial charge in [-0.2, -0.15) is 11.8 Å². The summed E-state index contributed by atoms with van der Waals surface area (Å²) >= 11 is 3.83. The highest BCUT2D eigenvalue weighted by Crippen LogP contribution is 2.27. The Morgan fingerprint density at radius 1 is 1.29 bits per heavy atom. The van der Waals surface area contributed by atoms with Crippen molar-refractivity contribution in [2.45, 2.75) is 37.1 Å². The average molecular weight is 365 g/mol. The minimum Gasteiger partial charge on any atom is -0.352 e. The van der Waals surface area contributed by atoms with E-state index in [2.05, 4.69) is 28.9 Å². The molecule has 0 bridgehead atoms. The van der Waals surface area contributed by atoms with E-state index in [1.165, 1.54) is 43.9 Å². The lowest BCUT2D eigenvalue weighted by atomic mass is 9.95. The van der Waals surface area contributed by atoms with E-state index in [9.17, 15) is 4.79 Å². The number of thioether (sulfide) groups is 2. The zero-order chi connectivity index (χ0) is 16.8. The maximum absolute atomic E-state index is 12.5. The van der Waals surface area contributed by atoms with Gasteiger partial charge in [0.25, 0.3) is 5.91 Å². The third-order valence-electron chi connectivity index (χ3n) is 5.05. The first-order valence-corrected chi connectivity index (χ1v) is 11.2. The molecule has 3 nitrogen and oxygen atoms in total. The summed E-state index contributed by atoms with van der Waals surface area (Å²) in [5.74, 6) is 4.34. The van der Waals surface area contributed by atoms with E-state index in [1.807, 2.05) is 24.3 Å². The van der Waals surface area contributed by atoms with Crippen molar-refractivity contribution in [2.24, 2.45) is 5.92 Å². The number of nitrogens with one attached hydrogen (secondary N) is 1. The molecule has 3 rings (SSSR count). The Balaban J connectivity index is 1.45. The molecule has 2 aliphatic heterocycles. The minimum atomic E-state index is 0.0844. The van der Waals surface area contributed by atoms with Crippen molar-refractivity contribution in [2.75, 3.05) is 36.9 Å². The highest BCUT2D eigenvalue weighted by molar-refractivity contribution is 7.99. The largest absolute Gasteiger partial charge is 0.352 e. The highest BCUT2D eigenvalue weighted by atomic mass is 32.2. The fraction of sp³-hybridized carbons (Fsp3) is 0.632. The van der Waals surface area contributed by atoms with Crippen LogP contribution in [0.1, 0.15) is 36.5 Å². The Morgan fingerprint density at radius 2 is 2.08 bits per heavy atom. The Bertz CT molecular complexity index is 538. The van der Waals surface area contributed by atoms with Crippen LogP contribution in [-0.2, 0) is 0 Å². The summed E-state index contributed by atoms with van der Waals surface area (Å²) < 4.78 is 0. The number of piperidine rings is 1. The first kappa shape index (κ1) is 18.2. The number of rotatable bonds is 6. The van der Waals surface area contributed by atoms with Gasteiger partial charge < -0.3 is 5.32 Å². The summed E-state index contributed by atoms with van der Waals surface area (Å²) in [6.07, 6.45) is 3.79. The molecule has 0 aliphatic carbocycles. The monoisotopic (exact) mass is 364 g/mol. The van der Waals surface area contributed by atoms with Gasteiger partial charge in [-0.1, -0.05) is 19.1 Å². The van der Waals surface area contributed by atoms with Crippen molar-refractivity contribution in [3.63, 3.8) is 0 Å². The minimum absolute atomic E-state index is 0.0844. The van der Waals surface area contributed by atoms with E-state index in [4.69, 9.17) is 0 Å². The molecular formula is C19H28N2OS2. The molecule has 0 radical (unpaired) electrons. The Kier molecular flexibility index (Phi) is 6.93. The van der Waals surface area contributed by atoms with Gasteiger partial charge >= 0.3 is 0 Å².